The Bertz CT molecular complexity index is 463. The molecule has 16 heavy (non-hydrogen) atoms. The van der Waals surface area contributed by atoms with Crippen LogP contribution >= 0.6 is 15.9 Å². The zero-order valence-electron chi connectivity index (χ0n) is 8.03. The Balaban J connectivity index is 2.26. The molecule has 2 rings (SSSR count). The Morgan fingerprint density at radius 1 is 1.69 bits per heavy atom. The van der Waals surface area contributed by atoms with Crippen LogP contribution in [-0.2, 0) is 11.2 Å². The fraction of sp³-hybridized carbons (Fsp3) is 0.222. The molecule has 1 aliphatic rings. The first-order valence-corrected chi connectivity index (χ1v) is 5.30. The number of rotatable bonds is 1. The summed E-state index contributed by atoms with van der Waals surface area (Å²) in [6.45, 7) is 0. The van der Waals surface area contributed by atoms with Crippen LogP contribution in [0.25, 0.3) is 0 Å². The summed E-state index contributed by atoms with van der Waals surface area (Å²) < 4.78 is 0.788. The molecule has 0 radical (unpaired) electrons. The summed E-state index contributed by atoms with van der Waals surface area (Å²) in [5.41, 5.74) is 0.799. The van der Waals surface area contributed by atoms with Gasteiger partial charge in [0.15, 0.2) is 0 Å². The van der Waals surface area contributed by atoms with Gasteiger partial charge >= 0.3 is 6.09 Å². The Hall–Kier alpha value is -1.63. The van der Waals surface area contributed by atoms with Crippen LogP contribution in [0.2, 0.25) is 0 Å². The summed E-state index contributed by atoms with van der Waals surface area (Å²) in [5.74, 6) is 0.0985. The van der Waals surface area contributed by atoms with Gasteiger partial charge in [0.1, 0.15) is 11.9 Å². The smallest absolute Gasteiger partial charge is 0.405 e. The minimum atomic E-state index is -1.22. The van der Waals surface area contributed by atoms with Crippen LogP contribution in [0.1, 0.15) is 5.56 Å². The lowest BCUT2D eigenvalue weighted by molar-refractivity contribution is -0.118. The number of nitrogens with zero attached hydrogens (tertiary/aromatic N) is 1. The third kappa shape index (κ3) is 2.13. The average molecular weight is 286 g/mol. The third-order valence-corrected chi connectivity index (χ3v) is 2.65. The summed E-state index contributed by atoms with van der Waals surface area (Å²) in [4.78, 5) is 26.0. The monoisotopic (exact) mass is 285 g/mol. The van der Waals surface area contributed by atoms with E-state index in [0.717, 1.165) is 10.0 Å². The van der Waals surface area contributed by atoms with Crippen molar-refractivity contribution < 1.29 is 14.7 Å². The quantitative estimate of drug-likeness (QED) is 0.717. The van der Waals surface area contributed by atoms with Gasteiger partial charge in [-0.2, -0.15) is 0 Å². The van der Waals surface area contributed by atoms with E-state index in [2.05, 4.69) is 31.5 Å². The van der Waals surface area contributed by atoms with E-state index in [9.17, 15) is 9.59 Å². The van der Waals surface area contributed by atoms with E-state index >= 15 is 0 Å². The number of aromatic nitrogens is 1. The van der Waals surface area contributed by atoms with Crippen molar-refractivity contribution in [2.45, 2.75) is 12.5 Å². The third-order valence-electron chi connectivity index (χ3n) is 2.21. The zero-order valence-corrected chi connectivity index (χ0v) is 9.61. The number of halogens is 1. The second-order valence-corrected chi connectivity index (χ2v) is 4.27. The Kier molecular flexibility index (Phi) is 2.78. The van der Waals surface area contributed by atoms with Gasteiger partial charge in [-0.25, -0.2) is 9.78 Å². The molecular formula is C9H8BrN3O3. The van der Waals surface area contributed by atoms with Crippen molar-refractivity contribution >= 4 is 33.7 Å². The molecule has 0 saturated carbocycles. The van der Waals surface area contributed by atoms with E-state index in [1.807, 2.05) is 0 Å². The lowest BCUT2D eigenvalue weighted by atomic mass is 10.0. The maximum Gasteiger partial charge on any atom is 0.405 e. The number of carboxylic acid groups (broad SMARTS) is 1. The molecule has 6 nitrogen and oxygen atoms in total. The molecule has 1 aromatic rings. The summed E-state index contributed by atoms with van der Waals surface area (Å²) in [7, 11) is 0. The predicted octanol–water partition coefficient (Wildman–Crippen LogP) is 0.975. The molecule has 7 heteroatoms. The van der Waals surface area contributed by atoms with Crippen molar-refractivity contribution in [3.63, 3.8) is 0 Å². The van der Waals surface area contributed by atoms with Crippen LogP contribution in [0.15, 0.2) is 16.7 Å². The first-order chi connectivity index (χ1) is 7.56. The lowest BCUT2D eigenvalue weighted by Crippen LogP contribution is -2.47. The van der Waals surface area contributed by atoms with Crippen molar-refractivity contribution in [1.82, 2.24) is 10.3 Å². The van der Waals surface area contributed by atoms with Crippen molar-refractivity contribution in [2.24, 2.45) is 0 Å². The van der Waals surface area contributed by atoms with Crippen molar-refractivity contribution in [3.8, 4) is 0 Å². The van der Waals surface area contributed by atoms with Gasteiger partial charge in [-0.1, -0.05) is 0 Å². The maximum atomic E-state index is 11.5. The van der Waals surface area contributed by atoms with E-state index < -0.39 is 12.1 Å². The van der Waals surface area contributed by atoms with Crippen LogP contribution in [-0.4, -0.2) is 28.1 Å². The Morgan fingerprint density at radius 3 is 3.12 bits per heavy atom. The normalized spacial score (nSPS) is 18.6. The van der Waals surface area contributed by atoms with E-state index in [1.54, 1.807) is 12.3 Å². The van der Waals surface area contributed by atoms with Gasteiger partial charge in [0, 0.05) is 17.1 Å². The van der Waals surface area contributed by atoms with Crippen LogP contribution in [0.3, 0.4) is 0 Å². The largest absolute Gasteiger partial charge is 0.465 e. The molecule has 0 aromatic carbocycles. The van der Waals surface area contributed by atoms with E-state index in [-0.39, 0.29) is 5.91 Å². The molecule has 1 atom stereocenters. The first-order valence-electron chi connectivity index (χ1n) is 4.51. The number of carbonyl (C=O) groups is 2. The average Bonchev–Trinajstić information content (AvgIpc) is 2.19. The lowest BCUT2D eigenvalue weighted by Gasteiger charge is -2.23. The molecular weight excluding hydrogens is 278 g/mol. The van der Waals surface area contributed by atoms with Gasteiger partial charge < -0.3 is 15.7 Å². The number of amides is 2. The van der Waals surface area contributed by atoms with E-state index in [1.165, 1.54) is 0 Å². The van der Waals surface area contributed by atoms with Crippen LogP contribution < -0.4 is 10.6 Å². The van der Waals surface area contributed by atoms with Gasteiger partial charge in [0.25, 0.3) is 0 Å². The minimum absolute atomic E-state index is 0.305. The molecule has 0 fully saturated rings. The van der Waals surface area contributed by atoms with E-state index in [0.29, 0.717) is 12.2 Å². The molecule has 1 aromatic heterocycles. The van der Waals surface area contributed by atoms with Gasteiger partial charge in [0.2, 0.25) is 5.91 Å². The van der Waals surface area contributed by atoms with Crippen LogP contribution in [0, 0.1) is 0 Å². The fourth-order valence-corrected chi connectivity index (χ4v) is 1.91. The topological polar surface area (TPSA) is 91.3 Å². The molecule has 1 unspecified atom stereocenters. The number of anilines is 1. The van der Waals surface area contributed by atoms with Crippen LogP contribution in [0.4, 0.5) is 10.6 Å². The molecule has 1 aliphatic heterocycles. The molecule has 84 valence electrons. The van der Waals surface area contributed by atoms with E-state index in [4.69, 9.17) is 5.11 Å². The van der Waals surface area contributed by atoms with Crippen molar-refractivity contribution in [3.05, 3.63) is 22.3 Å². The maximum absolute atomic E-state index is 11.5. The van der Waals surface area contributed by atoms with Gasteiger partial charge in [0.05, 0.1) is 0 Å². The predicted molar refractivity (Wildman–Crippen MR) is 59.2 cm³/mol. The zero-order chi connectivity index (χ0) is 11.7. The molecule has 2 amide bonds. The molecule has 2 heterocycles. The SMILES string of the molecule is O=C(O)NC1Cc2cc(Br)cnc2NC1=O. The second kappa shape index (κ2) is 4.09. The fourth-order valence-electron chi connectivity index (χ4n) is 1.53. The highest BCUT2D eigenvalue weighted by atomic mass is 79.9. The highest BCUT2D eigenvalue weighted by Gasteiger charge is 2.28. The molecule has 3 N–H and O–H groups in total. The highest BCUT2D eigenvalue weighted by Crippen LogP contribution is 2.23. The highest BCUT2D eigenvalue weighted by molar-refractivity contribution is 9.10. The number of carbonyl (C=O) groups excluding carboxylic acids is 1. The summed E-state index contributed by atoms with van der Waals surface area (Å²) in [6.07, 6.45) is 0.663. The molecule has 0 saturated heterocycles. The second-order valence-electron chi connectivity index (χ2n) is 3.36. The number of nitrogens with one attached hydrogen (secondary N) is 2. The van der Waals surface area contributed by atoms with Crippen molar-refractivity contribution in [2.75, 3.05) is 5.32 Å². The summed E-state index contributed by atoms with van der Waals surface area (Å²) in [6, 6.07) is 1.04. The number of hydrogen-bond acceptors (Lipinski definition) is 3. The molecule has 0 spiro atoms. The standard InChI is InChI=1S/C9H8BrN3O3/c10-5-1-4-2-6(12-9(15)16)8(14)13-7(4)11-3-5/h1,3,6,12H,2H2,(H,15,16)(H,11,13,14). The summed E-state index contributed by atoms with van der Waals surface area (Å²) in [5, 5.41) is 13.3. The molecule has 0 aliphatic carbocycles. The Labute approximate surface area is 99.2 Å². The van der Waals surface area contributed by atoms with Gasteiger partial charge in [-0.15, -0.1) is 0 Å². The van der Waals surface area contributed by atoms with Crippen molar-refractivity contribution in [1.29, 1.82) is 0 Å². The number of fused-ring (bicyclic) bond motifs is 1. The van der Waals surface area contributed by atoms with Gasteiger partial charge in [-0.05, 0) is 27.6 Å². The van der Waals surface area contributed by atoms with Gasteiger partial charge in [-0.3, -0.25) is 4.79 Å². The summed E-state index contributed by atoms with van der Waals surface area (Å²) >= 11 is 3.26. The number of hydrogen-bond donors (Lipinski definition) is 3. The minimum Gasteiger partial charge on any atom is -0.465 e. The molecule has 0 bridgehead atoms. The van der Waals surface area contributed by atoms with Crippen LogP contribution in [0.5, 0.6) is 0 Å². The first kappa shape index (κ1) is 10.9. The Morgan fingerprint density at radius 2 is 2.44 bits per heavy atom. The number of pyridine rings is 1.